The molecule has 11 heavy (non-hydrogen) atoms. The molecule has 0 saturated heterocycles. The van der Waals surface area contributed by atoms with Crippen LogP contribution < -0.4 is 5.14 Å². The van der Waals surface area contributed by atoms with Crippen molar-refractivity contribution < 1.29 is 8.42 Å². The Bertz CT molecular complexity index is 283. The van der Waals surface area contributed by atoms with Gasteiger partial charge in [0.05, 0.1) is 11.1 Å². The number of nitrogens with zero attached hydrogens (tertiary/aromatic N) is 1. The highest BCUT2D eigenvalue weighted by molar-refractivity contribution is 8.22. The Morgan fingerprint density at radius 2 is 2.18 bits per heavy atom. The molecule has 1 rings (SSSR count). The highest BCUT2D eigenvalue weighted by Gasteiger charge is 2.33. The summed E-state index contributed by atoms with van der Waals surface area (Å²) in [6.07, 6.45) is 0. The third-order valence-corrected chi connectivity index (χ3v) is 4.60. The lowest BCUT2D eigenvalue weighted by Crippen LogP contribution is -2.31. The van der Waals surface area contributed by atoms with Crippen molar-refractivity contribution in [1.82, 2.24) is 0 Å². The van der Waals surface area contributed by atoms with E-state index in [1.807, 2.05) is 0 Å². The number of sulfonamides is 1. The van der Waals surface area contributed by atoms with Crippen LogP contribution in [0.2, 0.25) is 0 Å². The second-order valence-corrected chi connectivity index (χ2v) is 5.78. The monoisotopic (exact) mass is 194 g/mol. The van der Waals surface area contributed by atoms with Crippen molar-refractivity contribution in [1.29, 1.82) is 0 Å². The van der Waals surface area contributed by atoms with E-state index in [1.54, 1.807) is 13.8 Å². The van der Waals surface area contributed by atoms with Crippen LogP contribution in [0.5, 0.6) is 0 Å². The maximum absolute atomic E-state index is 10.9. The largest absolute Gasteiger partial charge is 0.278 e. The third kappa shape index (κ3) is 1.94. The van der Waals surface area contributed by atoms with Crippen molar-refractivity contribution in [3.63, 3.8) is 0 Å². The molecule has 2 N–H and O–H groups in total. The molecule has 0 aromatic carbocycles. The predicted octanol–water partition coefficient (Wildman–Crippen LogP) is 0.155. The first-order valence-electron chi connectivity index (χ1n) is 3.14. The number of thioether (sulfide) groups is 1. The number of primary sulfonamides is 1. The first-order chi connectivity index (χ1) is 4.91. The lowest BCUT2D eigenvalue weighted by atomic mass is 10.4. The van der Waals surface area contributed by atoms with Gasteiger partial charge in [0, 0.05) is 0 Å². The fraction of sp³-hybridized carbons (Fsp3) is 0.800. The Labute approximate surface area is 70.3 Å². The zero-order valence-electron chi connectivity index (χ0n) is 6.31. The van der Waals surface area contributed by atoms with Crippen molar-refractivity contribution in [2.45, 2.75) is 24.5 Å². The second-order valence-electron chi connectivity index (χ2n) is 2.46. The van der Waals surface area contributed by atoms with E-state index < -0.39 is 14.6 Å². The van der Waals surface area contributed by atoms with Gasteiger partial charge in [-0.3, -0.25) is 4.99 Å². The van der Waals surface area contributed by atoms with E-state index in [0.29, 0.717) is 0 Å². The molecule has 4 nitrogen and oxygen atoms in total. The zero-order chi connectivity index (χ0) is 8.65. The first-order valence-corrected chi connectivity index (χ1v) is 5.63. The van der Waals surface area contributed by atoms with Gasteiger partial charge in [0.25, 0.3) is 0 Å². The summed E-state index contributed by atoms with van der Waals surface area (Å²) in [5, 5.41) is 5.76. The fourth-order valence-electron chi connectivity index (χ4n) is 0.986. The van der Waals surface area contributed by atoms with Crippen LogP contribution in [0, 0.1) is 0 Å². The van der Waals surface area contributed by atoms with Gasteiger partial charge in [-0.1, -0.05) is 11.8 Å². The smallest absolute Gasteiger partial charge is 0.223 e. The average Bonchev–Trinajstić information content (AvgIpc) is 2.08. The molecule has 0 bridgehead atoms. The summed E-state index contributed by atoms with van der Waals surface area (Å²) in [4.78, 5) is 4.06. The van der Waals surface area contributed by atoms with Gasteiger partial charge in [0.2, 0.25) is 10.0 Å². The zero-order valence-corrected chi connectivity index (χ0v) is 7.95. The van der Waals surface area contributed by atoms with Crippen LogP contribution in [-0.4, -0.2) is 24.1 Å². The van der Waals surface area contributed by atoms with E-state index in [9.17, 15) is 8.42 Å². The van der Waals surface area contributed by atoms with E-state index in [-0.39, 0.29) is 6.04 Å². The quantitative estimate of drug-likeness (QED) is 0.646. The maximum Gasteiger partial charge on any atom is 0.223 e. The SMILES string of the molecule is CC1=NC(C)C(S(N)(=O)=O)S1. The molecule has 2 unspecified atom stereocenters. The van der Waals surface area contributed by atoms with Gasteiger partial charge in [0.1, 0.15) is 4.58 Å². The lowest BCUT2D eigenvalue weighted by molar-refractivity contribution is 0.588. The van der Waals surface area contributed by atoms with E-state index in [1.165, 1.54) is 11.8 Å². The van der Waals surface area contributed by atoms with Crippen LogP contribution in [-0.2, 0) is 10.0 Å². The topological polar surface area (TPSA) is 72.5 Å². The van der Waals surface area contributed by atoms with Gasteiger partial charge in [-0.2, -0.15) is 0 Å². The number of hydrogen-bond acceptors (Lipinski definition) is 4. The minimum Gasteiger partial charge on any atom is -0.278 e. The molecule has 0 aromatic heterocycles. The molecule has 1 heterocycles. The second kappa shape index (κ2) is 2.76. The van der Waals surface area contributed by atoms with Gasteiger partial charge >= 0.3 is 0 Å². The molecule has 0 saturated carbocycles. The van der Waals surface area contributed by atoms with Gasteiger partial charge in [-0.25, -0.2) is 13.6 Å². The van der Waals surface area contributed by atoms with E-state index >= 15 is 0 Å². The van der Waals surface area contributed by atoms with Crippen LogP contribution in [0.4, 0.5) is 0 Å². The van der Waals surface area contributed by atoms with Crippen molar-refractivity contribution >= 4 is 26.8 Å². The molecule has 0 aromatic rings. The minimum atomic E-state index is -3.44. The Morgan fingerprint density at radius 1 is 1.64 bits per heavy atom. The molecule has 0 fully saturated rings. The Hall–Kier alpha value is -0.0700. The van der Waals surface area contributed by atoms with Crippen molar-refractivity contribution in [2.24, 2.45) is 10.1 Å². The van der Waals surface area contributed by atoms with E-state index in [4.69, 9.17) is 5.14 Å². The van der Waals surface area contributed by atoms with Crippen molar-refractivity contribution in [3.8, 4) is 0 Å². The predicted molar refractivity (Wildman–Crippen MR) is 47.1 cm³/mol. The van der Waals surface area contributed by atoms with Crippen LogP contribution in [0.1, 0.15) is 13.8 Å². The van der Waals surface area contributed by atoms with Gasteiger partial charge in [0.15, 0.2) is 0 Å². The summed E-state index contributed by atoms with van der Waals surface area (Å²) in [5.41, 5.74) is 0. The Balaban J connectivity index is 2.84. The average molecular weight is 194 g/mol. The molecular formula is C5H10N2O2S2. The van der Waals surface area contributed by atoms with Crippen molar-refractivity contribution in [3.05, 3.63) is 0 Å². The summed E-state index contributed by atoms with van der Waals surface area (Å²) in [7, 11) is -3.44. The molecular weight excluding hydrogens is 184 g/mol. The summed E-state index contributed by atoms with van der Waals surface area (Å²) in [5.74, 6) is 0. The van der Waals surface area contributed by atoms with Gasteiger partial charge < -0.3 is 0 Å². The maximum atomic E-state index is 10.9. The van der Waals surface area contributed by atoms with Gasteiger partial charge in [-0.15, -0.1) is 0 Å². The number of nitrogens with two attached hydrogens (primary N) is 1. The molecule has 0 spiro atoms. The summed E-state index contributed by atoms with van der Waals surface area (Å²) in [6, 6.07) is -0.213. The molecule has 1 aliphatic heterocycles. The third-order valence-electron chi connectivity index (χ3n) is 1.39. The van der Waals surface area contributed by atoms with Crippen molar-refractivity contribution in [2.75, 3.05) is 0 Å². The lowest BCUT2D eigenvalue weighted by Gasteiger charge is -2.08. The Morgan fingerprint density at radius 3 is 2.36 bits per heavy atom. The van der Waals surface area contributed by atoms with Crippen LogP contribution in [0.15, 0.2) is 4.99 Å². The van der Waals surface area contributed by atoms with Crippen LogP contribution >= 0.6 is 11.8 Å². The highest BCUT2D eigenvalue weighted by atomic mass is 32.3. The molecule has 0 radical (unpaired) electrons. The van der Waals surface area contributed by atoms with Gasteiger partial charge in [-0.05, 0) is 13.8 Å². The molecule has 6 heteroatoms. The number of aliphatic imine (C=N–C) groups is 1. The molecule has 64 valence electrons. The standard InChI is InChI=1S/C5H10N2O2S2/c1-3-5(11(6,8)9)10-4(2)7-3/h3,5H,1-2H3,(H2,6,8,9). The normalized spacial score (nSPS) is 32.1. The minimum absolute atomic E-state index is 0.213. The molecule has 1 aliphatic rings. The summed E-state index contributed by atoms with van der Waals surface area (Å²) >= 11 is 1.22. The highest BCUT2D eigenvalue weighted by Crippen LogP contribution is 2.28. The number of hydrogen-bond donors (Lipinski definition) is 1. The molecule has 0 amide bonds. The fourth-order valence-corrected chi connectivity index (χ4v) is 3.37. The van der Waals surface area contributed by atoms with E-state index in [2.05, 4.69) is 4.99 Å². The summed E-state index contributed by atoms with van der Waals surface area (Å²) in [6.45, 7) is 3.53. The molecule has 0 aliphatic carbocycles. The first kappa shape index (κ1) is 9.02. The van der Waals surface area contributed by atoms with E-state index in [0.717, 1.165) is 5.04 Å². The molecule has 2 atom stereocenters. The van der Waals surface area contributed by atoms with Crippen LogP contribution in [0.3, 0.4) is 0 Å². The summed E-state index contributed by atoms with van der Waals surface area (Å²) < 4.78 is 21.2. The van der Waals surface area contributed by atoms with Crippen LogP contribution in [0.25, 0.3) is 0 Å². The number of rotatable bonds is 1. The Kier molecular flexibility index (Phi) is 2.27.